The number of pyridine rings is 2. The highest BCUT2D eigenvalue weighted by molar-refractivity contribution is 8.24. The lowest BCUT2D eigenvalue weighted by Gasteiger charge is -2.38. The third kappa shape index (κ3) is 5.68. The van der Waals surface area contributed by atoms with E-state index in [0.717, 1.165) is 38.5 Å². The predicted octanol–water partition coefficient (Wildman–Crippen LogP) is 4.91. The van der Waals surface area contributed by atoms with E-state index in [1.165, 1.54) is 35.3 Å². The quantitative estimate of drug-likeness (QED) is 0.361. The largest absolute Gasteiger partial charge is 0.481 e. The maximum Gasteiger partial charge on any atom is 0.253 e. The van der Waals surface area contributed by atoms with Gasteiger partial charge in [-0.2, -0.15) is 10.6 Å². The third-order valence-corrected chi connectivity index (χ3v) is 10.5. The smallest absolute Gasteiger partial charge is 0.253 e. The first kappa shape index (κ1) is 26.1. The topological polar surface area (TPSA) is 136 Å². The number of carbonyl (C=O) groups is 1. The summed E-state index contributed by atoms with van der Waals surface area (Å²) in [6.07, 6.45) is 7.00. The molecule has 0 radical (unpaired) electrons. The van der Waals surface area contributed by atoms with Crippen LogP contribution in [0.1, 0.15) is 51.0 Å². The van der Waals surface area contributed by atoms with Crippen molar-refractivity contribution in [1.82, 2.24) is 14.5 Å². The number of amides is 1. The summed E-state index contributed by atoms with van der Waals surface area (Å²) in [6, 6.07) is 5.56. The Hall–Kier alpha value is -2.51. The fraction of sp³-hybridized carbons (Fsp3) is 0.520. The average molecular weight is 549 g/mol. The lowest BCUT2D eigenvalue weighted by molar-refractivity contribution is -0.120. The van der Waals surface area contributed by atoms with E-state index in [0.29, 0.717) is 41.0 Å². The molecule has 2 aliphatic rings. The van der Waals surface area contributed by atoms with Crippen molar-refractivity contribution >= 4 is 43.3 Å². The molecule has 1 atom stereocenters. The molecule has 3 N–H and O–H groups in total. The van der Waals surface area contributed by atoms with E-state index in [4.69, 9.17) is 9.47 Å². The van der Waals surface area contributed by atoms with E-state index in [-0.39, 0.29) is 22.0 Å². The van der Waals surface area contributed by atoms with Crippen LogP contribution in [0.2, 0.25) is 0 Å². The van der Waals surface area contributed by atoms with Crippen LogP contribution in [0.15, 0.2) is 40.2 Å². The Kier molecular flexibility index (Phi) is 7.82. The minimum absolute atomic E-state index is 0.219. The molecule has 12 heteroatoms. The minimum atomic E-state index is -3.08. The van der Waals surface area contributed by atoms with Crippen LogP contribution in [0.4, 0.5) is 5.13 Å². The van der Waals surface area contributed by atoms with Crippen molar-refractivity contribution in [3.8, 4) is 5.88 Å². The van der Waals surface area contributed by atoms with Crippen molar-refractivity contribution in [2.75, 3.05) is 25.6 Å². The second-order valence-corrected chi connectivity index (χ2v) is 12.9. The Morgan fingerprint density at radius 3 is 2.68 bits per heavy atom. The summed E-state index contributed by atoms with van der Waals surface area (Å²) < 4.78 is 33.8. The molecular weight excluding hydrogens is 516 g/mol. The van der Waals surface area contributed by atoms with E-state index < -0.39 is 22.2 Å². The molecule has 3 aromatic heterocycles. The Bertz CT molecular complexity index is 1310. The number of rotatable bonds is 8. The van der Waals surface area contributed by atoms with Crippen LogP contribution in [0.25, 0.3) is 10.3 Å². The number of aromatic nitrogens is 3. The van der Waals surface area contributed by atoms with E-state index in [1.807, 2.05) is 0 Å². The standard InChI is InChI=1S/C25H32N4O6S2/c1-34-21-7-6-19-24(27-21)36-25(26-19)28-23(31)20(14-16-9-12-35-13-10-16)29-11-8-18(15-22(29)30)37(32,33)17-4-2-3-5-17/h6-8,11,15-17,20,32-33H,2-5,9-10,12-14H2,1H3,(H,26,28,31)/t20-/m0/s1. The Labute approximate surface area is 220 Å². The highest BCUT2D eigenvalue weighted by atomic mass is 32.3. The van der Waals surface area contributed by atoms with Crippen LogP contribution in [-0.4, -0.2) is 55.1 Å². The van der Waals surface area contributed by atoms with Gasteiger partial charge in [0.05, 0.1) is 17.3 Å². The molecule has 10 nitrogen and oxygen atoms in total. The molecule has 200 valence electrons. The van der Waals surface area contributed by atoms with Crippen LogP contribution in [0.3, 0.4) is 0 Å². The van der Waals surface area contributed by atoms with Crippen molar-refractivity contribution in [1.29, 1.82) is 0 Å². The molecule has 1 saturated carbocycles. The molecule has 0 spiro atoms. The molecule has 0 bridgehead atoms. The first-order chi connectivity index (χ1) is 17.8. The summed E-state index contributed by atoms with van der Waals surface area (Å²) >= 11 is 1.23. The number of ether oxygens (including phenoxy) is 2. The average Bonchev–Trinajstić information content (AvgIpc) is 3.58. The number of anilines is 1. The fourth-order valence-electron chi connectivity index (χ4n) is 5.13. The van der Waals surface area contributed by atoms with Crippen molar-refractivity contribution in [3.63, 3.8) is 0 Å². The molecule has 1 aliphatic heterocycles. The summed E-state index contributed by atoms with van der Waals surface area (Å²) in [5.74, 6) is 0.327. The van der Waals surface area contributed by atoms with E-state index in [9.17, 15) is 18.7 Å². The maximum absolute atomic E-state index is 13.6. The summed E-state index contributed by atoms with van der Waals surface area (Å²) in [6.45, 7) is 1.25. The Morgan fingerprint density at radius 2 is 1.97 bits per heavy atom. The van der Waals surface area contributed by atoms with Gasteiger partial charge in [0.25, 0.3) is 5.56 Å². The molecule has 37 heavy (non-hydrogen) atoms. The van der Waals surface area contributed by atoms with Crippen LogP contribution < -0.4 is 15.6 Å². The van der Waals surface area contributed by atoms with Gasteiger partial charge < -0.3 is 19.4 Å². The monoisotopic (exact) mass is 548 g/mol. The van der Waals surface area contributed by atoms with Crippen molar-refractivity contribution in [3.05, 3.63) is 40.8 Å². The lowest BCUT2D eigenvalue weighted by atomic mass is 9.92. The van der Waals surface area contributed by atoms with Gasteiger partial charge in [-0.15, -0.1) is 0 Å². The number of methoxy groups -OCH3 is 1. The zero-order valence-electron chi connectivity index (χ0n) is 20.7. The fourth-order valence-corrected chi connectivity index (χ4v) is 7.87. The molecule has 3 aromatic rings. The van der Waals surface area contributed by atoms with Crippen LogP contribution in [0, 0.1) is 5.92 Å². The van der Waals surface area contributed by atoms with E-state index in [2.05, 4.69) is 15.3 Å². The Balaban J connectivity index is 1.42. The molecule has 2 fully saturated rings. The number of carbonyl (C=O) groups excluding carboxylic acids is 1. The van der Waals surface area contributed by atoms with Crippen LogP contribution in [0.5, 0.6) is 5.88 Å². The molecule has 1 saturated heterocycles. The van der Waals surface area contributed by atoms with Crippen LogP contribution >= 0.6 is 21.9 Å². The van der Waals surface area contributed by atoms with Gasteiger partial charge in [0.1, 0.15) is 16.4 Å². The Morgan fingerprint density at radius 1 is 1.22 bits per heavy atom. The molecule has 0 unspecified atom stereocenters. The number of nitrogens with one attached hydrogen (secondary N) is 1. The first-order valence-electron chi connectivity index (χ1n) is 12.5. The molecule has 1 aliphatic carbocycles. The van der Waals surface area contributed by atoms with Gasteiger partial charge in [-0.25, -0.2) is 9.97 Å². The van der Waals surface area contributed by atoms with Crippen molar-refractivity contribution in [2.45, 2.75) is 61.1 Å². The lowest BCUT2D eigenvalue weighted by Crippen LogP contribution is -2.35. The molecule has 1 amide bonds. The van der Waals surface area contributed by atoms with E-state index >= 15 is 0 Å². The van der Waals surface area contributed by atoms with Crippen LogP contribution in [-0.2, 0) is 9.53 Å². The third-order valence-electron chi connectivity index (χ3n) is 7.24. The van der Waals surface area contributed by atoms with Crippen molar-refractivity contribution in [2.24, 2.45) is 5.92 Å². The van der Waals surface area contributed by atoms with Gasteiger partial charge in [0, 0.05) is 31.5 Å². The second-order valence-electron chi connectivity index (χ2n) is 9.60. The molecular formula is C25H32N4O6S2. The summed E-state index contributed by atoms with van der Waals surface area (Å²) in [4.78, 5) is 36.5. The van der Waals surface area contributed by atoms with Gasteiger partial charge in [-0.05, 0) is 50.2 Å². The van der Waals surface area contributed by atoms with Gasteiger partial charge in [-0.1, -0.05) is 24.2 Å². The normalized spacial score (nSPS) is 18.7. The summed E-state index contributed by atoms with van der Waals surface area (Å²) in [7, 11) is -1.54. The second kappa shape index (κ2) is 11.1. The number of hydrogen-bond donors (Lipinski definition) is 3. The zero-order valence-corrected chi connectivity index (χ0v) is 22.3. The highest BCUT2D eigenvalue weighted by Crippen LogP contribution is 2.57. The van der Waals surface area contributed by atoms with E-state index in [1.54, 1.807) is 18.2 Å². The molecule has 5 rings (SSSR count). The number of hydrogen-bond acceptors (Lipinski definition) is 9. The summed E-state index contributed by atoms with van der Waals surface area (Å²) in [5.41, 5.74) is 0.208. The summed E-state index contributed by atoms with van der Waals surface area (Å²) in [5, 5.41) is 3.04. The number of nitrogens with zero attached hydrogens (tertiary/aromatic N) is 3. The van der Waals surface area contributed by atoms with Gasteiger partial charge in [0.2, 0.25) is 11.8 Å². The SMILES string of the molecule is COc1ccc2nc(NC(=O)[C@H](CC3CCOCC3)n3ccc(S(O)(O)C4CCCC4)cc3=O)sc2n1. The van der Waals surface area contributed by atoms with Crippen molar-refractivity contribution < 1.29 is 23.4 Å². The maximum atomic E-state index is 13.6. The first-order valence-corrected chi connectivity index (χ1v) is 15.0. The van der Waals surface area contributed by atoms with Gasteiger partial charge in [0.15, 0.2) is 5.13 Å². The highest BCUT2D eigenvalue weighted by Gasteiger charge is 2.32. The zero-order chi connectivity index (χ0) is 26.0. The number of fused-ring (bicyclic) bond motifs is 1. The molecule has 4 heterocycles. The molecule has 0 aromatic carbocycles. The minimum Gasteiger partial charge on any atom is -0.481 e. The van der Waals surface area contributed by atoms with Gasteiger partial charge in [-0.3, -0.25) is 18.7 Å². The predicted molar refractivity (Wildman–Crippen MR) is 144 cm³/mol. The van der Waals surface area contributed by atoms with Gasteiger partial charge >= 0.3 is 0 Å². The number of thiazole rings is 1.